The molecule has 0 aliphatic rings. The van der Waals surface area contributed by atoms with Gasteiger partial charge in [-0.2, -0.15) is 0 Å². The number of hydrogen-bond donors (Lipinski definition) is 1. The third-order valence-corrected chi connectivity index (χ3v) is 25.3. The lowest BCUT2D eigenvalue weighted by atomic mass is 9.96. The molecule has 0 unspecified atom stereocenters. The highest BCUT2D eigenvalue weighted by atomic mass is 28.4. The molecule has 0 aromatic heterocycles. The number of ether oxygens (including phenoxy) is 1. The topological polar surface area (TPSA) is 91.3 Å². The fourth-order valence-electron chi connectivity index (χ4n) is 5.83. The largest absolute Gasteiger partial charge is 0.448 e. The van der Waals surface area contributed by atoms with Crippen LogP contribution in [0.4, 0.5) is 0 Å². The van der Waals surface area contributed by atoms with Crippen molar-refractivity contribution < 1.29 is 32.7 Å². The lowest BCUT2D eigenvalue weighted by Gasteiger charge is -2.44. The number of rotatable bonds is 16. The van der Waals surface area contributed by atoms with Crippen LogP contribution in [0.3, 0.4) is 0 Å². The number of aliphatic hydroxyl groups excluding tert-OH is 1. The number of carbonyl (C=O) groups excluding carboxylic acids is 2. The van der Waals surface area contributed by atoms with Crippen LogP contribution in [0.2, 0.25) is 41.3 Å². The predicted molar refractivity (Wildman–Crippen MR) is 225 cm³/mol. The lowest BCUT2D eigenvalue weighted by molar-refractivity contribution is -0.144. The van der Waals surface area contributed by atoms with Gasteiger partial charge in [-0.05, 0) is 63.8 Å². The van der Waals surface area contributed by atoms with Crippen LogP contribution in [0.15, 0.2) is 91.0 Å². The molecule has 0 spiro atoms. The van der Waals surface area contributed by atoms with E-state index in [2.05, 4.69) is 113 Å². The Morgan fingerprint density at radius 2 is 1.06 bits per heavy atom. The quantitative estimate of drug-likeness (QED) is 0.115. The fourth-order valence-corrected chi connectivity index (χ4v) is 12.7. The lowest BCUT2D eigenvalue weighted by Crippen LogP contribution is -2.67. The number of ketones is 1. The van der Waals surface area contributed by atoms with Gasteiger partial charge in [-0.3, -0.25) is 4.79 Å². The van der Waals surface area contributed by atoms with E-state index < -0.39 is 60.9 Å². The van der Waals surface area contributed by atoms with Crippen LogP contribution in [0.25, 0.3) is 0 Å². The summed E-state index contributed by atoms with van der Waals surface area (Å²) in [4.78, 5) is 28.4. The van der Waals surface area contributed by atoms with Crippen LogP contribution < -0.4 is 10.4 Å². The maximum absolute atomic E-state index is 14.9. The molecule has 0 fully saturated rings. The number of aliphatic hydroxyl groups is 1. The van der Waals surface area contributed by atoms with Gasteiger partial charge in [0.05, 0.1) is 18.3 Å². The van der Waals surface area contributed by atoms with Crippen molar-refractivity contribution in [2.75, 3.05) is 13.2 Å². The van der Waals surface area contributed by atoms with Gasteiger partial charge in [-0.25, -0.2) is 4.79 Å². The highest BCUT2D eigenvalue weighted by Crippen LogP contribution is 2.40. The molecule has 7 nitrogen and oxygen atoms in total. The third kappa shape index (κ3) is 10.7. The van der Waals surface area contributed by atoms with Crippen molar-refractivity contribution in [2.24, 2.45) is 5.92 Å². The van der Waals surface area contributed by atoms with Crippen molar-refractivity contribution in [3.8, 4) is 0 Å². The Bertz CT molecular complexity index is 1570. The molecule has 0 saturated carbocycles. The maximum Gasteiger partial charge on any atom is 0.338 e. The average molecular weight is 779 g/mol. The molecular formula is C43H66O7Si3. The molecular weight excluding hydrogens is 713 g/mol. The Balaban J connectivity index is 2.08. The van der Waals surface area contributed by atoms with Crippen LogP contribution in [0.5, 0.6) is 0 Å². The van der Waals surface area contributed by atoms with E-state index in [9.17, 15) is 14.7 Å². The van der Waals surface area contributed by atoms with E-state index in [0.29, 0.717) is 5.56 Å². The first-order valence-electron chi connectivity index (χ1n) is 18.9. The molecule has 292 valence electrons. The van der Waals surface area contributed by atoms with Gasteiger partial charge in [0.15, 0.2) is 22.7 Å². The predicted octanol–water partition coefficient (Wildman–Crippen LogP) is 8.77. The number of benzene rings is 3. The van der Waals surface area contributed by atoms with E-state index in [1.54, 1.807) is 24.3 Å². The van der Waals surface area contributed by atoms with Crippen LogP contribution in [-0.2, 0) is 22.8 Å². The normalized spacial score (nSPS) is 15.7. The second-order valence-corrected chi connectivity index (χ2v) is 32.3. The van der Waals surface area contributed by atoms with Crippen molar-refractivity contribution in [1.29, 1.82) is 0 Å². The van der Waals surface area contributed by atoms with Gasteiger partial charge in [-0.15, -0.1) is 0 Å². The monoisotopic (exact) mass is 778 g/mol. The van der Waals surface area contributed by atoms with Gasteiger partial charge in [0, 0.05) is 12.5 Å². The number of Topliss-reactive ketones (excluding diaryl/α,β-unsaturated/α-hetero) is 1. The van der Waals surface area contributed by atoms with Gasteiger partial charge in [-0.1, -0.05) is 148 Å². The molecule has 3 rings (SSSR count). The number of carbonyl (C=O) groups is 2. The van der Waals surface area contributed by atoms with Gasteiger partial charge in [0.2, 0.25) is 5.78 Å². The summed E-state index contributed by atoms with van der Waals surface area (Å²) in [7, 11) is -7.98. The Hall–Kier alpha value is -2.71. The molecule has 0 heterocycles. The summed E-state index contributed by atoms with van der Waals surface area (Å²) in [6, 6.07) is 29.3. The molecule has 0 aliphatic heterocycles. The van der Waals surface area contributed by atoms with Crippen molar-refractivity contribution in [1.82, 2.24) is 0 Å². The number of hydrogen-bond acceptors (Lipinski definition) is 7. The molecule has 0 bridgehead atoms. The first kappa shape index (κ1) is 44.7. The SMILES string of the molecule is C[C@@H](CO[Si](c1ccccc1)(c1ccccc1)C(C)(C)C)[C@@H](O)[C@@H](O[Si](C)(C)C(C)(C)C)C(=O)[C@H](CO[Si](C)(C)C(C)(C)C)OC(=O)c1ccccc1. The summed E-state index contributed by atoms with van der Waals surface area (Å²) in [5.74, 6) is -1.67. The molecule has 1 N–H and O–H groups in total. The van der Waals surface area contributed by atoms with Crippen molar-refractivity contribution in [2.45, 2.75) is 129 Å². The zero-order valence-electron chi connectivity index (χ0n) is 34.8. The van der Waals surface area contributed by atoms with E-state index in [0.717, 1.165) is 10.4 Å². The zero-order valence-corrected chi connectivity index (χ0v) is 37.8. The Labute approximate surface area is 323 Å². The Kier molecular flexibility index (Phi) is 14.7. The second kappa shape index (κ2) is 17.4. The van der Waals surface area contributed by atoms with E-state index >= 15 is 0 Å². The van der Waals surface area contributed by atoms with Gasteiger partial charge < -0.3 is 23.1 Å². The highest BCUT2D eigenvalue weighted by molar-refractivity contribution is 6.99. The summed E-state index contributed by atoms with van der Waals surface area (Å²) in [6.45, 7) is 29.5. The standard InChI is InChI=1S/C43H66O7Si3/c1-32(30-48-53(43(8,9)10,34-26-20-16-21-27-34)35-28-22-17-23-29-35)37(44)39(50-52(13,14)42(5,6)7)38(45)36(31-47-51(11,12)41(2,3)4)49-40(46)33-24-18-15-19-25-33/h15-29,32,36-37,39,44H,30-31H2,1-14H3/t32-,36-,37+,39+/m0/s1. The minimum Gasteiger partial charge on any atom is -0.448 e. The highest BCUT2D eigenvalue weighted by Gasteiger charge is 2.52. The van der Waals surface area contributed by atoms with Crippen molar-refractivity contribution in [3.63, 3.8) is 0 Å². The average Bonchev–Trinajstić information content (AvgIpc) is 3.08. The van der Waals surface area contributed by atoms with Crippen LogP contribution in [0, 0.1) is 5.92 Å². The smallest absolute Gasteiger partial charge is 0.338 e. The molecule has 53 heavy (non-hydrogen) atoms. The molecule has 3 aromatic carbocycles. The maximum atomic E-state index is 14.9. The minimum atomic E-state index is -2.94. The summed E-state index contributed by atoms with van der Waals surface area (Å²) in [5.41, 5.74) is 0.326. The Morgan fingerprint density at radius 1 is 0.623 bits per heavy atom. The zero-order chi connectivity index (χ0) is 40.0. The molecule has 3 aromatic rings. The van der Waals surface area contributed by atoms with Gasteiger partial charge in [0.25, 0.3) is 8.32 Å². The molecule has 0 aliphatic carbocycles. The van der Waals surface area contributed by atoms with Gasteiger partial charge in [0.1, 0.15) is 6.10 Å². The van der Waals surface area contributed by atoms with Crippen LogP contribution in [0.1, 0.15) is 79.6 Å². The molecule has 0 amide bonds. The van der Waals surface area contributed by atoms with E-state index in [1.165, 1.54) is 0 Å². The van der Waals surface area contributed by atoms with Gasteiger partial charge >= 0.3 is 5.97 Å². The van der Waals surface area contributed by atoms with Crippen molar-refractivity contribution >= 4 is 47.1 Å². The number of esters is 1. The minimum absolute atomic E-state index is 0.134. The first-order valence-corrected chi connectivity index (χ1v) is 26.6. The first-order chi connectivity index (χ1) is 24.4. The van der Waals surface area contributed by atoms with E-state index in [4.69, 9.17) is 18.0 Å². The van der Waals surface area contributed by atoms with Crippen LogP contribution >= 0.6 is 0 Å². The van der Waals surface area contributed by atoms with Crippen LogP contribution in [-0.4, -0.2) is 73.3 Å². The Morgan fingerprint density at radius 3 is 1.47 bits per heavy atom. The summed E-state index contributed by atoms with van der Waals surface area (Å²) in [6.07, 6.45) is -3.85. The molecule has 10 heteroatoms. The molecule has 0 radical (unpaired) electrons. The second-order valence-electron chi connectivity index (χ2n) is 18.5. The molecule has 0 saturated heterocycles. The fraction of sp³-hybridized carbons (Fsp3) is 0.535. The summed E-state index contributed by atoms with van der Waals surface area (Å²) in [5, 5.41) is 13.9. The summed E-state index contributed by atoms with van der Waals surface area (Å²) < 4.78 is 26.6. The third-order valence-electron chi connectivity index (χ3n) is 11.4. The van der Waals surface area contributed by atoms with E-state index in [1.807, 2.05) is 49.4 Å². The van der Waals surface area contributed by atoms with Crippen molar-refractivity contribution in [3.05, 3.63) is 96.6 Å². The van der Waals surface area contributed by atoms with E-state index in [-0.39, 0.29) is 28.3 Å². The molecule has 4 atom stereocenters. The summed E-state index contributed by atoms with van der Waals surface area (Å²) >= 11 is 0.